The minimum absolute atomic E-state index is 0.0120. The van der Waals surface area contributed by atoms with Crippen LogP contribution in [0.15, 0.2) is 54.5 Å². The maximum Gasteiger partial charge on any atom is 0.343 e. The predicted molar refractivity (Wildman–Crippen MR) is 209 cm³/mol. The van der Waals surface area contributed by atoms with Gasteiger partial charge in [0.1, 0.15) is 28.5 Å². The molecule has 3 heterocycles. The van der Waals surface area contributed by atoms with Crippen molar-refractivity contribution in [1.82, 2.24) is 9.38 Å². The number of Topliss-reactive ketones (excluding diaryl/α,β-unsaturated/α-hetero) is 1. The Kier molecular flexibility index (Phi) is 13.0. The van der Waals surface area contributed by atoms with E-state index in [2.05, 4.69) is 17.2 Å². The molecule has 302 valence electrons. The number of aliphatic hydroxyl groups is 3. The number of esters is 2. The quantitative estimate of drug-likeness (QED) is 0.112. The number of allylic oxidation sites excluding steroid dienone is 2. The van der Waals surface area contributed by atoms with Crippen molar-refractivity contribution in [2.75, 3.05) is 19.5 Å². The zero-order valence-corrected chi connectivity index (χ0v) is 32.8. The lowest BCUT2D eigenvalue weighted by atomic mass is 9.78. The van der Waals surface area contributed by atoms with Gasteiger partial charge in [-0.25, -0.2) is 9.78 Å². The van der Waals surface area contributed by atoms with Gasteiger partial charge in [0, 0.05) is 67.0 Å². The molecule has 5 N–H and O–H groups in total. The standard InChI is InChI=1S/C42H47N3O12/c1-20-10-9-11-21(2)41(52)44-35-36-34(43-30-18-26(19-46)14-16-45(30)36)33-31(39(35)51)27(48)12-13-29(55-8)32(33)42(53)56-17-15-28(54-7)22(3)40(57-25(6)47)24(5)38(50)23(4)37(20)49/h9-11,14-20,22-24,28-29,37-38,40,46,49-51H,1-8H3,(H,44,52)/b10-9+,17-15+,21-11-,26-19?/t20-,22+,23+,24+,28-,29?,37-,38+,40+/m0/s1. The zero-order valence-electron chi connectivity index (χ0n) is 32.8. The number of fused-ring (bicyclic) bond motifs is 1. The lowest BCUT2D eigenvalue weighted by Crippen LogP contribution is -2.46. The number of carbonyl (C=O) groups excluding carboxylic acids is 4. The maximum atomic E-state index is 14.2. The van der Waals surface area contributed by atoms with Crippen LogP contribution in [-0.4, -0.2) is 98.2 Å². The van der Waals surface area contributed by atoms with Gasteiger partial charge in [-0.15, -0.1) is 0 Å². The molecule has 0 radical (unpaired) electrons. The SMILES string of the molecule is COC1C#CC(=O)c2c(O)c3c4c(nc5cc(=CO)ccn54)c2=C1C(=O)O/C=C/[C@H](OC)[C@@H](C)[C@@H](OC(C)=O)[C@H](C)[C@H](O)[C@H](C)[C@@H](O)[C@@H](C)/C=C/C=C(/C)C(=O)N3. The van der Waals surface area contributed by atoms with Gasteiger partial charge in [0.05, 0.1) is 42.0 Å². The van der Waals surface area contributed by atoms with E-state index in [9.17, 15) is 39.6 Å². The average Bonchev–Trinajstić information content (AvgIpc) is 3.49. The van der Waals surface area contributed by atoms with Crippen molar-refractivity contribution in [2.45, 2.75) is 72.1 Å². The summed E-state index contributed by atoms with van der Waals surface area (Å²) in [6.07, 6.45) is 4.24. The third kappa shape index (κ3) is 8.35. The Balaban J connectivity index is 1.81. The van der Waals surface area contributed by atoms with Crippen molar-refractivity contribution < 1.29 is 58.6 Å². The number of imidazole rings is 1. The number of amides is 1. The number of ketones is 1. The fraction of sp³-hybridized carbons (Fsp3) is 0.405. The smallest absolute Gasteiger partial charge is 0.343 e. The van der Waals surface area contributed by atoms with Crippen LogP contribution in [0.1, 0.15) is 51.9 Å². The van der Waals surface area contributed by atoms with E-state index in [4.69, 9.17) is 23.9 Å². The predicted octanol–water partition coefficient (Wildman–Crippen LogP) is 2.58. The van der Waals surface area contributed by atoms with Gasteiger partial charge in [0.2, 0.25) is 5.78 Å². The van der Waals surface area contributed by atoms with Gasteiger partial charge in [-0.2, -0.15) is 0 Å². The first-order chi connectivity index (χ1) is 27.1. The van der Waals surface area contributed by atoms with Crippen LogP contribution in [0.4, 0.5) is 5.69 Å². The molecular weight excluding hydrogens is 738 g/mol. The Morgan fingerprint density at radius 3 is 2.40 bits per heavy atom. The van der Waals surface area contributed by atoms with Crippen LogP contribution in [0.5, 0.6) is 5.75 Å². The molecule has 0 saturated heterocycles. The van der Waals surface area contributed by atoms with Crippen molar-refractivity contribution in [1.29, 1.82) is 0 Å². The summed E-state index contributed by atoms with van der Waals surface area (Å²) in [5.74, 6) is -1.43. The summed E-state index contributed by atoms with van der Waals surface area (Å²) in [5, 5.41) is 47.3. The van der Waals surface area contributed by atoms with Gasteiger partial charge < -0.3 is 44.7 Å². The number of carbonyl (C=O) groups is 4. The van der Waals surface area contributed by atoms with Crippen LogP contribution in [0, 0.1) is 35.5 Å². The van der Waals surface area contributed by atoms with Crippen LogP contribution in [0.2, 0.25) is 0 Å². The molecule has 15 nitrogen and oxygen atoms in total. The first-order valence-corrected chi connectivity index (χ1v) is 18.3. The number of nitrogens with one attached hydrogen (secondary N) is 1. The van der Waals surface area contributed by atoms with Crippen molar-refractivity contribution in [3.63, 3.8) is 0 Å². The molecule has 2 bridgehead atoms. The number of ether oxygens (including phenoxy) is 4. The fourth-order valence-corrected chi connectivity index (χ4v) is 7.33. The van der Waals surface area contributed by atoms with Gasteiger partial charge >= 0.3 is 11.9 Å². The molecule has 15 heteroatoms. The molecule has 5 rings (SSSR count). The molecule has 0 fully saturated rings. The highest BCUT2D eigenvalue weighted by molar-refractivity contribution is 6.23. The van der Waals surface area contributed by atoms with Crippen LogP contribution < -0.4 is 15.8 Å². The Hall–Kier alpha value is -5.79. The van der Waals surface area contributed by atoms with Crippen molar-refractivity contribution in [2.24, 2.45) is 23.7 Å². The van der Waals surface area contributed by atoms with Crippen LogP contribution in [-0.2, 0) is 33.3 Å². The van der Waals surface area contributed by atoms with Crippen molar-refractivity contribution in [3.8, 4) is 17.6 Å². The number of aromatic nitrogens is 2. The number of phenolic OH excluding ortho intramolecular Hbond substituents is 1. The molecule has 1 aliphatic carbocycles. The number of cyclic esters (lactones) is 1. The molecule has 57 heavy (non-hydrogen) atoms. The van der Waals surface area contributed by atoms with Crippen molar-refractivity contribution >= 4 is 57.8 Å². The number of nitrogens with zero attached hydrogens (tertiary/aromatic N) is 2. The lowest BCUT2D eigenvalue weighted by molar-refractivity contribution is -0.160. The number of pyridine rings is 1. The molecule has 2 aromatic heterocycles. The fourth-order valence-electron chi connectivity index (χ4n) is 7.33. The number of methoxy groups -OCH3 is 2. The molecule has 1 unspecified atom stereocenters. The topological polar surface area (TPSA) is 215 Å². The summed E-state index contributed by atoms with van der Waals surface area (Å²) in [5.41, 5.74) is -0.473. The van der Waals surface area contributed by atoms with E-state index >= 15 is 0 Å². The Morgan fingerprint density at radius 2 is 1.75 bits per heavy atom. The highest BCUT2D eigenvalue weighted by Crippen LogP contribution is 2.36. The monoisotopic (exact) mass is 785 g/mol. The molecule has 0 spiro atoms. The molecule has 2 aliphatic rings. The van der Waals surface area contributed by atoms with Crippen LogP contribution in [0.3, 0.4) is 0 Å². The van der Waals surface area contributed by atoms with E-state index in [1.165, 1.54) is 56.9 Å². The molecule has 0 saturated carbocycles. The number of hydrogen-bond donors (Lipinski definition) is 5. The number of hydrogen-bond acceptors (Lipinski definition) is 13. The van der Waals surface area contributed by atoms with E-state index in [1.807, 2.05) is 0 Å². The minimum atomic E-state index is -1.36. The van der Waals surface area contributed by atoms with Crippen LogP contribution >= 0.6 is 0 Å². The van der Waals surface area contributed by atoms with E-state index in [0.29, 0.717) is 5.22 Å². The Morgan fingerprint density at radius 1 is 1.04 bits per heavy atom. The summed E-state index contributed by atoms with van der Waals surface area (Å²) in [6, 6.07) is 3.05. The molecule has 1 aromatic carbocycles. The minimum Gasteiger partial charge on any atom is -0.515 e. The maximum absolute atomic E-state index is 14.2. The number of phenols is 1. The lowest BCUT2D eigenvalue weighted by Gasteiger charge is -2.38. The second-order valence-corrected chi connectivity index (χ2v) is 14.3. The summed E-state index contributed by atoms with van der Waals surface area (Å²) in [4.78, 5) is 58.7. The third-order valence-electron chi connectivity index (χ3n) is 10.6. The van der Waals surface area contributed by atoms with Gasteiger partial charge in [-0.3, -0.25) is 18.8 Å². The first kappa shape index (κ1) is 42.4. The van der Waals surface area contributed by atoms with Gasteiger partial charge in [-0.05, 0) is 31.1 Å². The number of aromatic hydroxyl groups is 1. The molecule has 9 atom stereocenters. The van der Waals surface area contributed by atoms with Crippen LogP contribution in [0.25, 0.3) is 28.5 Å². The summed E-state index contributed by atoms with van der Waals surface area (Å²) in [6.45, 7) is 9.60. The Labute approximate surface area is 328 Å². The van der Waals surface area contributed by atoms with Gasteiger partial charge in [-0.1, -0.05) is 51.8 Å². The zero-order chi connectivity index (χ0) is 41.9. The third-order valence-corrected chi connectivity index (χ3v) is 10.6. The van der Waals surface area contributed by atoms with E-state index in [1.54, 1.807) is 45.9 Å². The van der Waals surface area contributed by atoms with Crippen molar-refractivity contribution in [3.05, 3.63) is 70.5 Å². The number of benzene rings is 1. The first-order valence-electron chi connectivity index (χ1n) is 18.3. The Bertz CT molecular complexity index is 2380. The summed E-state index contributed by atoms with van der Waals surface area (Å²) < 4.78 is 24.1. The highest BCUT2D eigenvalue weighted by Gasteiger charge is 2.39. The number of aliphatic hydroxyl groups excluding tert-OH is 3. The average molecular weight is 786 g/mol. The number of rotatable bonds is 3. The number of anilines is 1. The summed E-state index contributed by atoms with van der Waals surface area (Å²) >= 11 is 0. The molecule has 1 aliphatic heterocycles. The molecular formula is C42H47N3O12. The summed E-state index contributed by atoms with van der Waals surface area (Å²) in [7, 11) is 2.67. The van der Waals surface area contributed by atoms with E-state index in [-0.39, 0.29) is 38.7 Å². The largest absolute Gasteiger partial charge is 0.515 e. The molecule has 3 aromatic rings. The van der Waals surface area contributed by atoms with E-state index in [0.717, 1.165) is 12.5 Å². The second-order valence-electron chi connectivity index (χ2n) is 14.3. The van der Waals surface area contributed by atoms with Gasteiger partial charge in [0.15, 0.2) is 11.9 Å². The highest BCUT2D eigenvalue weighted by atomic mass is 16.6. The molecule has 1 amide bonds. The second kappa shape index (κ2) is 17.6. The van der Waals surface area contributed by atoms with E-state index < -0.39 is 89.1 Å². The van der Waals surface area contributed by atoms with Gasteiger partial charge in [0.25, 0.3) is 5.91 Å². The normalized spacial score (nSPS) is 30.1.